The molecule has 0 aromatic carbocycles. The lowest BCUT2D eigenvalue weighted by molar-refractivity contribution is -0.00177. The number of amides is 1. The molecule has 3 aromatic heterocycles. The van der Waals surface area contributed by atoms with Gasteiger partial charge in [0, 0.05) is 6.20 Å². The highest BCUT2D eigenvalue weighted by atomic mass is 19.1. The van der Waals surface area contributed by atoms with Crippen molar-refractivity contribution in [3.05, 3.63) is 47.8 Å². The van der Waals surface area contributed by atoms with Crippen LogP contribution < -0.4 is 10.6 Å². The molecule has 0 aliphatic rings. The van der Waals surface area contributed by atoms with E-state index in [0.717, 1.165) is 0 Å². The van der Waals surface area contributed by atoms with Gasteiger partial charge in [-0.05, 0) is 45.0 Å². The number of halogens is 1. The second kappa shape index (κ2) is 9.00. The van der Waals surface area contributed by atoms with Gasteiger partial charge in [-0.25, -0.2) is 8.91 Å². The van der Waals surface area contributed by atoms with Crippen molar-refractivity contribution >= 4 is 17.1 Å². The Morgan fingerprint density at radius 3 is 2.72 bits per heavy atom. The molecule has 9 nitrogen and oxygen atoms in total. The molecular formula is C22H22FN7O2. The first kappa shape index (κ1) is 22.7. The summed E-state index contributed by atoms with van der Waals surface area (Å²) in [5.74, 6) is -0.597. The highest BCUT2D eigenvalue weighted by Gasteiger charge is 2.27. The third-order valence-electron chi connectivity index (χ3n) is 4.81. The van der Waals surface area contributed by atoms with Gasteiger partial charge in [-0.2, -0.15) is 15.6 Å². The number of aromatic nitrogens is 3. The number of anilines is 1. The first-order valence-corrected chi connectivity index (χ1v) is 9.83. The molecule has 0 aliphatic heterocycles. The van der Waals surface area contributed by atoms with Gasteiger partial charge >= 0.3 is 0 Å². The molecule has 0 bridgehead atoms. The highest BCUT2D eigenvalue weighted by Crippen LogP contribution is 2.26. The van der Waals surface area contributed by atoms with Gasteiger partial charge in [0.2, 0.25) is 0 Å². The number of pyridine rings is 1. The third-order valence-corrected chi connectivity index (χ3v) is 4.81. The molecule has 0 unspecified atom stereocenters. The molecule has 3 N–H and O–H groups in total. The molecule has 3 rings (SSSR count). The summed E-state index contributed by atoms with van der Waals surface area (Å²) in [5.41, 5.74) is 1.08. The summed E-state index contributed by atoms with van der Waals surface area (Å²) in [6.07, 6.45) is 1.10. The minimum absolute atomic E-state index is 0.124. The summed E-state index contributed by atoms with van der Waals surface area (Å²) in [7, 11) is 0. The number of rotatable bonds is 7. The van der Waals surface area contributed by atoms with Crippen molar-refractivity contribution in [1.82, 2.24) is 19.9 Å². The van der Waals surface area contributed by atoms with Gasteiger partial charge in [0.25, 0.3) is 5.91 Å². The highest BCUT2D eigenvalue weighted by molar-refractivity contribution is 6.00. The quantitative estimate of drug-likeness (QED) is 0.518. The van der Waals surface area contributed by atoms with Crippen molar-refractivity contribution in [2.75, 3.05) is 11.9 Å². The fourth-order valence-electron chi connectivity index (χ4n) is 2.94. The van der Waals surface area contributed by atoms with E-state index in [2.05, 4.69) is 20.7 Å². The average molecular weight is 435 g/mol. The van der Waals surface area contributed by atoms with Gasteiger partial charge in [-0.3, -0.25) is 9.78 Å². The van der Waals surface area contributed by atoms with Crippen LogP contribution in [0.15, 0.2) is 36.7 Å². The van der Waals surface area contributed by atoms with Gasteiger partial charge in [0.05, 0.1) is 58.1 Å². The maximum atomic E-state index is 14.0. The van der Waals surface area contributed by atoms with Crippen LogP contribution in [0.4, 0.5) is 10.1 Å². The zero-order valence-electron chi connectivity index (χ0n) is 17.8. The smallest absolute Gasteiger partial charge is 0.255 e. The van der Waals surface area contributed by atoms with Gasteiger partial charge in [0.15, 0.2) is 0 Å². The van der Waals surface area contributed by atoms with Crippen molar-refractivity contribution in [1.29, 1.82) is 10.5 Å². The molecule has 10 heteroatoms. The van der Waals surface area contributed by atoms with Gasteiger partial charge in [0.1, 0.15) is 18.3 Å². The molecule has 164 valence electrons. The van der Waals surface area contributed by atoms with Crippen LogP contribution >= 0.6 is 0 Å². The van der Waals surface area contributed by atoms with Crippen LogP contribution in [0.2, 0.25) is 0 Å². The lowest BCUT2D eigenvalue weighted by atomic mass is 10.0. The van der Waals surface area contributed by atoms with E-state index < -0.39 is 23.7 Å². The Labute approximate surface area is 184 Å². The first-order valence-electron chi connectivity index (χ1n) is 9.83. The summed E-state index contributed by atoms with van der Waals surface area (Å²) in [4.78, 5) is 17.0. The van der Waals surface area contributed by atoms with E-state index >= 15 is 0 Å². The fourth-order valence-corrected chi connectivity index (χ4v) is 2.94. The predicted molar refractivity (Wildman–Crippen MR) is 115 cm³/mol. The number of fused-ring (bicyclic) bond motifs is 1. The van der Waals surface area contributed by atoms with E-state index in [1.165, 1.54) is 26.2 Å². The summed E-state index contributed by atoms with van der Waals surface area (Å²) in [6.45, 7) is 3.88. The predicted octanol–water partition coefficient (Wildman–Crippen LogP) is 2.43. The number of alkyl halides is 1. The molecule has 1 amide bonds. The SMILES string of the molecule is C[C@H](C#N)Nc1cc(-c2ccc3cc(C#N)cnn23)ncc1C(=O)NC[C@@H](F)C(C)(C)O. The number of hydrogen-bond acceptors (Lipinski definition) is 7. The first-order chi connectivity index (χ1) is 15.1. The van der Waals surface area contributed by atoms with Crippen LogP contribution in [-0.4, -0.2) is 50.0 Å². The standard InChI is InChI=1S/C22H22FN7O2/c1-13(8-24)29-17-7-18(19-5-4-15-6-14(9-25)10-28-30(15)19)26-11-16(17)21(31)27-12-20(23)22(2,3)32/h4-7,10-11,13,20,32H,12H2,1-3H3,(H,26,29)(H,27,31)/t13-,20-/m1/s1. The van der Waals surface area contributed by atoms with E-state index in [1.807, 2.05) is 12.1 Å². The molecule has 0 aliphatic carbocycles. The third kappa shape index (κ3) is 4.82. The molecule has 0 radical (unpaired) electrons. The maximum Gasteiger partial charge on any atom is 0.255 e. The Balaban J connectivity index is 1.96. The van der Waals surface area contributed by atoms with Crippen molar-refractivity contribution in [2.24, 2.45) is 0 Å². The molecular weight excluding hydrogens is 413 g/mol. The van der Waals surface area contributed by atoms with Gasteiger partial charge in [-0.1, -0.05) is 0 Å². The number of carbonyl (C=O) groups is 1. The van der Waals surface area contributed by atoms with Crippen LogP contribution in [0.5, 0.6) is 0 Å². The number of nitrogens with one attached hydrogen (secondary N) is 2. The normalized spacial score (nSPS) is 13.1. The van der Waals surface area contributed by atoms with E-state index in [1.54, 1.807) is 35.7 Å². The van der Waals surface area contributed by atoms with E-state index in [0.29, 0.717) is 28.2 Å². The Morgan fingerprint density at radius 2 is 2.06 bits per heavy atom. The Bertz CT molecular complexity index is 1230. The van der Waals surface area contributed by atoms with Crippen molar-refractivity contribution in [3.63, 3.8) is 0 Å². The second-order valence-electron chi connectivity index (χ2n) is 7.85. The molecule has 0 fully saturated rings. The van der Waals surface area contributed by atoms with Crippen molar-refractivity contribution in [2.45, 2.75) is 38.6 Å². The summed E-state index contributed by atoms with van der Waals surface area (Å²) >= 11 is 0. The lowest BCUT2D eigenvalue weighted by Gasteiger charge is -2.22. The minimum Gasteiger partial charge on any atom is -0.387 e. The maximum absolute atomic E-state index is 14.0. The van der Waals surface area contributed by atoms with Crippen molar-refractivity contribution in [3.8, 4) is 23.5 Å². The summed E-state index contributed by atoms with van der Waals surface area (Å²) in [6, 6.07) is 10.3. The van der Waals surface area contributed by atoms with Crippen LogP contribution in [0, 0.1) is 22.7 Å². The lowest BCUT2D eigenvalue weighted by Crippen LogP contribution is -2.42. The monoisotopic (exact) mass is 435 g/mol. The van der Waals surface area contributed by atoms with Gasteiger partial charge < -0.3 is 15.7 Å². The van der Waals surface area contributed by atoms with E-state index in [-0.39, 0.29) is 12.1 Å². The number of nitriles is 2. The van der Waals surface area contributed by atoms with Crippen LogP contribution in [0.3, 0.4) is 0 Å². The van der Waals surface area contributed by atoms with Crippen molar-refractivity contribution < 1.29 is 14.3 Å². The van der Waals surface area contributed by atoms with Crippen LogP contribution in [0.25, 0.3) is 16.9 Å². The molecule has 2 atom stereocenters. The zero-order chi connectivity index (χ0) is 23.5. The molecule has 0 spiro atoms. The van der Waals surface area contributed by atoms with Crippen LogP contribution in [-0.2, 0) is 0 Å². The molecule has 3 aromatic rings. The zero-order valence-corrected chi connectivity index (χ0v) is 17.8. The van der Waals surface area contributed by atoms with E-state index in [9.17, 15) is 19.6 Å². The van der Waals surface area contributed by atoms with E-state index in [4.69, 9.17) is 5.26 Å². The molecule has 0 saturated heterocycles. The Morgan fingerprint density at radius 1 is 1.31 bits per heavy atom. The summed E-state index contributed by atoms with van der Waals surface area (Å²) in [5, 5.41) is 37.6. The average Bonchev–Trinajstić information content (AvgIpc) is 3.19. The molecule has 0 saturated carbocycles. The van der Waals surface area contributed by atoms with Gasteiger partial charge in [-0.15, -0.1) is 0 Å². The Kier molecular flexibility index (Phi) is 6.37. The topological polar surface area (TPSA) is 139 Å². The molecule has 3 heterocycles. The number of carbonyl (C=O) groups excluding carboxylic acids is 1. The largest absolute Gasteiger partial charge is 0.387 e. The minimum atomic E-state index is -1.66. The number of hydrogen-bond donors (Lipinski definition) is 3. The van der Waals surface area contributed by atoms with Crippen LogP contribution in [0.1, 0.15) is 36.7 Å². The fraction of sp³-hybridized carbons (Fsp3) is 0.318. The summed E-state index contributed by atoms with van der Waals surface area (Å²) < 4.78 is 15.6. The number of aliphatic hydroxyl groups is 1. The molecule has 32 heavy (non-hydrogen) atoms. The second-order valence-corrected chi connectivity index (χ2v) is 7.85. The Hall–Kier alpha value is -4.02. The number of nitrogens with zero attached hydrogens (tertiary/aromatic N) is 5.